The van der Waals surface area contributed by atoms with Crippen molar-refractivity contribution < 1.29 is 9.90 Å². The Hall–Kier alpha value is -1.64. The molecule has 2 unspecified atom stereocenters. The van der Waals surface area contributed by atoms with Gasteiger partial charge in [-0.2, -0.15) is 0 Å². The van der Waals surface area contributed by atoms with Crippen LogP contribution in [0.15, 0.2) is 29.3 Å². The van der Waals surface area contributed by atoms with Gasteiger partial charge in [-0.1, -0.05) is 24.6 Å². The second-order valence-corrected chi connectivity index (χ2v) is 4.87. The number of benzene rings is 1. The third kappa shape index (κ3) is 1.75. The van der Waals surface area contributed by atoms with Gasteiger partial charge in [0.25, 0.3) is 0 Å². The van der Waals surface area contributed by atoms with Gasteiger partial charge in [0.2, 0.25) is 0 Å². The van der Waals surface area contributed by atoms with Crippen molar-refractivity contribution in [2.24, 2.45) is 10.9 Å². The van der Waals surface area contributed by atoms with E-state index in [1.54, 1.807) is 0 Å². The van der Waals surface area contributed by atoms with Crippen LogP contribution in [0.1, 0.15) is 37.2 Å². The summed E-state index contributed by atoms with van der Waals surface area (Å²) in [5, 5.41) is 8.95. The maximum Gasteiger partial charge on any atom is 0.304 e. The van der Waals surface area contributed by atoms with Gasteiger partial charge in [-0.05, 0) is 24.5 Å². The maximum atomic E-state index is 10.9. The lowest BCUT2D eigenvalue weighted by Gasteiger charge is -2.27. The van der Waals surface area contributed by atoms with E-state index < -0.39 is 5.97 Å². The Morgan fingerprint density at radius 2 is 2.18 bits per heavy atom. The molecule has 0 bridgehead atoms. The quantitative estimate of drug-likeness (QED) is 0.847. The molecule has 3 nitrogen and oxygen atoms in total. The molecule has 1 saturated carbocycles. The topological polar surface area (TPSA) is 49.7 Å². The van der Waals surface area contributed by atoms with E-state index in [4.69, 9.17) is 5.11 Å². The Kier molecular flexibility index (Phi) is 2.46. The molecule has 1 aliphatic heterocycles. The molecule has 1 aliphatic carbocycles. The summed E-state index contributed by atoms with van der Waals surface area (Å²) in [6.07, 6.45) is 3.42. The number of carboxylic acids is 1. The highest BCUT2D eigenvalue weighted by molar-refractivity contribution is 6.01. The number of para-hydroxylation sites is 1. The van der Waals surface area contributed by atoms with Crippen LogP contribution in [0, 0.1) is 5.92 Å². The predicted molar refractivity (Wildman–Crippen MR) is 65.9 cm³/mol. The molecule has 1 fully saturated rings. The summed E-state index contributed by atoms with van der Waals surface area (Å²) in [6.45, 7) is 0. The van der Waals surface area contributed by atoms with E-state index in [9.17, 15) is 4.79 Å². The van der Waals surface area contributed by atoms with Gasteiger partial charge < -0.3 is 5.11 Å². The van der Waals surface area contributed by atoms with Gasteiger partial charge in [-0.15, -0.1) is 0 Å². The molecule has 88 valence electrons. The zero-order valence-corrected chi connectivity index (χ0v) is 9.60. The lowest BCUT2D eigenvalue weighted by atomic mass is 9.76. The van der Waals surface area contributed by atoms with Gasteiger partial charge in [-0.3, -0.25) is 9.79 Å². The standard InChI is InChI=1S/C14H15NO2/c16-13(17)8-9-4-3-6-11-10-5-1-2-7-12(10)15-14(9)11/h1-2,5,7,9,11H,3-4,6,8H2,(H,16,17). The number of nitrogens with zero attached hydrogens (tertiary/aromatic N) is 1. The molecule has 2 atom stereocenters. The molecule has 1 aromatic rings. The van der Waals surface area contributed by atoms with Crippen molar-refractivity contribution in [2.75, 3.05) is 0 Å². The van der Waals surface area contributed by atoms with Crippen molar-refractivity contribution in [3.05, 3.63) is 29.8 Å². The summed E-state index contributed by atoms with van der Waals surface area (Å²) < 4.78 is 0. The first-order valence-electron chi connectivity index (χ1n) is 6.15. The molecule has 1 heterocycles. The number of rotatable bonds is 2. The molecule has 2 aliphatic rings. The fourth-order valence-corrected chi connectivity index (χ4v) is 3.07. The fourth-order valence-electron chi connectivity index (χ4n) is 3.07. The summed E-state index contributed by atoms with van der Waals surface area (Å²) >= 11 is 0. The third-order valence-corrected chi connectivity index (χ3v) is 3.80. The van der Waals surface area contributed by atoms with Gasteiger partial charge in [0.15, 0.2) is 0 Å². The first kappa shape index (κ1) is 10.5. The first-order chi connectivity index (χ1) is 8.25. The lowest BCUT2D eigenvalue weighted by Crippen LogP contribution is -2.26. The lowest BCUT2D eigenvalue weighted by molar-refractivity contribution is -0.137. The molecule has 17 heavy (non-hydrogen) atoms. The van der Waals surface area contributed by atoms with Crippen molar-refractivity contribution in [1.82, 2.24) is 0 Å². The minimum Gasteiger partial charge on any atom is -0.481 e. The smallest absolute Gasteiger partial charge is 0.304 e. The largest absolute Gasteiger partial charge is 0.481 e. The predicted octanol–water partition coefficient (Wildman–Crippen LogP) is 3.13. The van der Waals surface area contributed by atoms with Crippen LogP contribution in [0.4, 0.5) is 5.69 Å². The number of carbonyl (C=O) groups is 1. The molecular weight excluding hydrogens is 214 g/mol. The monoisotopic (exact) mass is 229 g/mol. The highest BCUT2D eigenvalue weighted by Gasteiger charge is 2.35. The van der Waals surface area contributed by atoms with Crippen LogP contribution >= 0.6 is 0 Å². The van der Waals surface area contributed by atoms with Gasteiger partial charge in [0, 0.05) is 17.5 Å². The SMILES string of the molecule is O=C(O)CC1CCCC2C1=Nc1ccccc12. The second-order valence-electron chi connectivity index (χ2n) is 4.87. The zero-order chi connectivity index (χ0) is 11.8. The highest BCUT2D eigenvalue weighted by atomic mass is 16.4. The van der Waals surface area contributed by atoms with Crippen molar-refractivity contribution in [3.63, 3.8) is 0 Å². The van der Waals surface area contributed by atoms with Gasteiger partial charge >= 0.3 is 5.97 Å². The van der Waals surface area contributed by atoms with Crippen LogP contribution in [0.3, 0.4) is 0 Å². The van der Waals surface area contributed by atoms with Crippen LogP contribution in [0.5, 0.6) is 0 Å². The van der Waals surface area contributed by atoms with E-state index in [1.165, 1.54) is 5.56 Å². The summed E-state index contributed by atoms with van der Waals surface area (Å²) in [5.41, 5.74) is 3.45. The van der Waals surface area contributed by atoms with E-state index in [2.05, 4.69) is 11.1 Å². The Morgan fingerprint density at radius 1 is 1.35 bits per heavy atom. The number of fused-ring (bicyclic) bond motifs is 3. The molecule has 0 spiro atoms. The summed E-state index contributed by atoms with van der Waals surface area (Å²) in [7, 11) is 0. The van der Waals surface area contributed by atoms with Crippen molar-refractivity contribution in [2.45, 2.75) is 31.6 Å². The van der Waals surface area contributed by atoms with Gasteiger partial charge in [0.05, 0.1) is 12.1 Å². The van der Waals surface area contributed by atoms with Crippen molar-refractivity contribution >= 4 is 17.4 Å². The molecule has 0 aromatic heterocycles. The second kappa shape index (κ2) is 3.99. The molecule has 3 rings (SSSR count). The number of hydrogen-bond donors (Lipinski definition) is 1. The fraction of sp³-hybridized carbons (Fsp3) is 0.429. The van der Waals surface area contributed by atoms with Gasteiger partial charge in [-0.25, -0.2) is 0 Å². The average Bonchev–Trinajstić information content (AvgIpc) is 2.68. The van der Waals surface area contributed by atoms with Crippen LogP contribution in [0.25, 0.3) is 0 Å². The Bertz CT molecular complexity index is 493. The number of aliphatic imine (C=N–C) groups is 1. The van der Waals surface area contributed by atoms with E-state index in [0.717, 1.165) is 30.7 Å². The molecule has 1 aromatic carbocycles. The zero-order valence-electron chi connectivity index (χ0n) is 9.60. The van der Waals surface area contributed by atoms with Crippen LogP contribution < -0.4 is 0 Å². The minimum absolute atomic E-state index is 0.138. The number of carboxylic acid groups (broad SMARTS) is 1. The molecule has 0 saturated heterocycles. The highest BCUT2D eigenvalue weighted by Crippen LogP contribution is 2.44. The first-order valence-corrected chi connectivity index (χ1v) is 6.15. The third-order valence-electron chi connectivity index (χ3n) is 3.80. The normalized spacial score (nSPS) is 26.0. The van der Waals surface area contributed by atoms with Crippen LogP contribution in [-0.4, -0.2) is 16.8 Å². The van der Waals surface area contributed by atoms with Crippen LogP contribution in [0.2, 0.25) is 0 Å². The molecule has 0 radical (unpaired) electrons. The summed E-state index contributed by atoms with van der Waals surface area (Å²) in [6, 6.07) is 8.18. The maximum absolute atomic E-state index is 10.9. The molecule has 3 heteroatoms. The molecular formula is C14H15NO2. The van der Waals surface area contributed by atoms with E-state index in [-0.39, 0.29) is 12.3 Å². The van der Waals surface area contributed by atoms with E-state index in [1.807, 2.05) is 18.2 Å². The average molecular weight is 229 g/mol. The van der Waals surface area contributed by atoms with E-state index >= 15 is 0 Å². The number of aliphatic carboxylic acids is 1. The van der Waals surface area contributed by atoms with Crippen molar-refractivity contribution in [1.29, 1.82) is 0 Å². The number of hydrogen-bond acceptors (Lipinski definition) is 2. The van der Waals surface area contributed by atoms with Crippen molar-refractivity contribution in [3.8, 4) is 0 Å². The Morgan fingerprint density at radius 3 is 3.00 bits per heavy atom. The molecule has 0 amide bonds. The Labute approximate surface area is 100 Å². The summed E-state index contributed by atoms with van der Waals surface area (Å²) in [5.74, 6) is -0.197. The van der Waals surface area contributed by atoms with Gasteiger partial charge in [0.1, 0.15) is 0 Å². The summed E-state index contributed by atoms with van der Waals surface area (Å²) in [4.78, 5) is 15.5. The Balaban J connectivity index is 1.94. The van der Waals surface area contributed by atoms with Crippen LogP contribution in [-0.2, 0) is 4.79 Å². The van der Waals surface area contributed by atoms with E-state index in [0.29, 0.717) is 5.92 Å². The minimum atomic E-state index is -0.714. The molecule has 1 N–H and O–H groups in total.